The van der Waals surface area contributed by atoms with Crippen LogP contribution in [0.4, 0.5) is 0 Å². The highest BCUT2D eigenvalue weighted by Crippen LogP contribution is 2.27. The molecule has 0 aliphatic rings. The highest BCUT2D eigenvalue weighted by Gasteiger charge is 2.16. The van der Waals surface area contributed by atoms with E-state index in [4.69, 9.17) is 9.72 Å². The molecule has 0 unspecified atom stereocenters. The average Bonchev–Trinajstić information content (AvgIpc) is 3.32. The lowest BCUT2D eigenvalue weighted by Gasteiger charge is -2.10. The van der Waals surface area contributed by atoms with Crippen molar-refractivity contribution in [1.82, 2.24) is 9.97 Å². The number of nitrogens with zero attached hydrogens (tertiary/aromatic N) is 2. The predicted octanol–water partition coefficient (Wildman–Crippen LogP) is 6.69. The van der Waals surface area contributed by atoms with Crippen molar-refractivity contribution < 1.29 is 9.53 Å². The fraction of sp³-hybridized carbons (Fsp3) is 0.0741. The van der Waals surface area contributed by atoms with E-state index < -0.39 is 0 Å². The van der Waals surface area contributed by atoms with Crippen molar-refractivity contribution in [3.05, 3.63) is 107 Å². The molecule has 0 N–H and O–H groups in total. The van der Waals surface area contributed by atoms with Crippen LogP contribution in [0.2, 0.25) is 0 Å². The number of carbonyl (C=O) groups excluding carboxylic acids is 1. The van der Waals surface area contributed by atoms with Gasteiger partial charge in [-0.15, -0.1) is 11.3 Å². The Balaban J connectivity index is 1.42. The molecule has 5 heteroatoms. The summed E-state index contributed by atoms with van der Waals surface area (Å²) in [4.78, 5) is 22.4. The standard InChI is InChI=1S/C27H20N2O2S/c1-18-11-13-19(14-12-18)25-15-23(22-9-5-6-10-24(22)29-25)27(30)31-16-21-17-32-26(28-21)20-7-3-2-4-8-20/h2-15,17H,16H2,1H3. The van der Waals surface area contributed by atoms with Crippen LogP contribution in [0.15, 0.2) is 90.3 Å². The molecule has 0 fully saturated rings. The van der Waals surface area contributed by atoms with Crippen LogP contribution in [-0.4, -0.2) is 15.9 Å². The van der Waals surface area contributed by atoms with Crippen LogP contribution >= 0.6 is 11.3 Å². The molecule has 32 heavy (non-hydrogen) atoms. The molecule has 2 aromatic heterocycles. The average molecular weight is 437 g/mol. The van der Waals surface area contributed by atoms with Gasteiger partial charge in [0.2, 0.25) is 0 Å². The first-order valence-electron chi connectivity index (χ1n) is 10.3. The van der Waals surface area contributed by atoms with Crippen LogP contribution in [0.5, 0.6) is 0 Å². The first kappa shape index (κ1) is 20.1. The topological polar surface area (TPSA) is 52.1 Å². The minimum atomic E-state index is -0.383. The van der Waals surface area contributed by atoms with E-state index in [0.29, 0.717) is 5.56 Å². The number of ether oxygens (including phenoxy) is 1. The second-order valence-electron chi connectivity index (χ2n) is 7.52. The number of hydrogen-bond acceptors (Lipinski definition) is 5. The molecular formula is C27H20N2O2S. The number of hydrogen-bond donors (Lipinski definition) is 0. The van der Waals surface area contributed by atoms with E-state index in [1.165, 1.54) is 5.56 Å². The molecule has 0 aliphatic heterocycles. The zero-order valence-electron chi connectivity index (χ0n) is 17.5. The molecule has 0 bridgehead atoms. The van der Waals surface area contributed by atoms with Gasteiger partial charge < -0.3 is 4.74 Å². The van der Waals surface area contributed by atoms with Crippen LogP contribution in [-0.2, 0) is 11.3 Å². The molecule has 0 amide bonds. The number of carbonyl (C=O) groups is 1. The summed E-state index contributed by atoms with van der Waals surface area (Å²) in [5.74, 6) is -0.383. The summed E-state index contributed by atoms with van der Waals surface area (Å²) in [6.45, 7) is 2.17. The van der Waals surface area contributed by atoms with Crippen molar-refractivity contribution in [3.63, 3.8) is 0 Å². The third-order valence-corrected chi connectivity index (χ3v) is 6.15. The SMILES string of the molecule is Cc1ccc(-c2cc(C(=O)OCc3csc(-c4ccccc4)n3)c3ccccc3n2)cc1. The van der Waals surface area contributed by atoms with Crippen molar-refractivity contribution >= 4 is 28.2 Å². The summed E-state index contributed by atoms with van der Waals surface area (Å²) in [6.07, 6.45) is 0. The summed E-state index contributed by atoms with van der Waals surface area (Å²) in [5, 5.41) is 3.61. The number of esters is 1. The number of benzene rings is 3. The quantitative estimate of drug-likeness (QED) is 0.288. The number of pyridine rings is 1. The lowest BCUT2D eigenvalue weighted by molar-refractivity contribution is 0.0471. The zero-order chi connectivity index (χ0) is 21.9. The van der Waals surface area contributed by atoms with Gasteiger partial charge >= 0.3 is 5.97 Å². The van der Waals surface area contributed by atoms with Crippen molar-refractivity contribution in [2.24, 2.45) is 0 Å². The van der Waals surface area contributed by atoms with Gasteiger partial charge in [0, 0.05) is 21.9 Å². The van der Waals surface area contributed by atoms with Crippen LogP contribution in [0.25, 0.3) is 32.7 Å². The van der Waals surface area contributed by atoms with Crippen molar-refractivity contribution in [2.45, 2.75) is 13.5 Å². The lowest BCUT2D eigenvalue weighted by atomic mass is 10.0. The highest BCUT2D eigenvalue weighted by molar-refractivity contribution is 7.13. The number of rotatable bonds is 5. The minimum Gasteiger partial charge on any atom is -0.456 e. The summed E-state index contributed by atoms with van der Waals surface area (Å²) in [5.41, 5.74) is 5.94. The molecule has 0 saturated carbocycles. The highest BCUT2D eigenvalue weighted by atomic mass is 32.1. The number of aromatic nitrogens is 2. The van der Waals surface area contributed by atoms with Gasteiger partial charge in [0.05, 0.1) is 22.5 Å². The Hall–Kier alpha value is -3.83. The fourth-order valence-electron chi connectivity index (χ4n) is 3.52. The van der Waals surface area contributed by atoms with Crippen LogP contribution in [0.1, 0.15) is 21.6 Å². The first-order valence-corrected chi connectivity index (χ1v) is 11.2. The van der Waals surface area contributed by atoms with Crippen LogP contribution in [0.3, 0.4) is 0 Å². The second-order valence-corrected chi connectivity index (χ2v) is 8.38. The van der Waals surface area contributed by atoms with E-state index >= 15 is 0 Å². The van der Waals surface area contributed by atoms with E-state index in [-0.39, 0.29) is 12.6 Å². The van der Waals surface area contributed by atoms with Gasteiger partial charge in [-0.25, -0.2) is 14.8 Å². The monoisotopic (exact) mass is 436 g/mol. The molecule has 156 valence electrons. The second kappa shape index (κ2) is 8.73. The Bertz CT molecular complexity index is 1390. The maximum atomic E-state index is 13.1. The van der Waals surface area contributed by atoms with Gasteiger partial charge in [-0.05, 0) is 19.1 Å². The molecule has 0 saturated heterocycles. The summed E-state index contributed by atoms with van der Waals surface area (Å²) < 4.78 is 5.66. The summed E-state index contributed by atoms with van der Waals surface area (Å²) in [6, 6.07) is 27.5. The van der Waals surface area contributed by atoms with E-state index in [1.807, 2.05) is 97.2 Å². The van der Waals surface area contributed by atoms with Gasteiger partial charge in [-0.1, -0.05) is 78.4 Å². The molecule has 2 heterocycles. The first-order chi connectivity index (χ1) is 15.7. The van der Waals surface area contributed by atoms with Crippen LogP contribution < -0.4 is 0 Å². The smallest absolute Gasteiger partial charge is 0.339 e. The van der Waals surface area contributed by atoms with Gasteiger partial charge in [-0.2, -0.15) is 0 Å². The Morgan fingerprint density at radius 2 is 1.62 bits per heavy atom. The molecule has 5 rings (SSSR count). The van der Waals surface area contributed by atoms with Gasteiger partial charge in [0.1, 0.15) is 11.6 Å². The Kier molecular flexibility index (Phi) is 5.48. The van der Waals surface area contributed by atoms with Gasteiger partial charge in [0.25, 0.3) is 0 Å². The molecule has 5 aromatic rings. The largest absolute Gasteiger partial charge is 0.456 e. The number of para-hydroxylation sites is 1. The molecule has 3 aromatic carbocycles. The van der Waals surface area contributed by atoms with Crippen molar-refractivity contribution in [2.75, 3.05) is 0 Å². The molecule has 0 aliphatic carbocycles. The Morgan fingerprint density at radius 1 is 0.875 bits per heavy atom. The van der Waals surface area contributed by atoms with E-state index in [9.17, 15) is 4.79 Å². The number of fused-ring (bicyclic) bond motifs is 1. The maximum Gasteiger partial charge on any atom is 0.339 e. The summed E-state index contributed by atoms with van der Waals surface area (Å²) in [7, 11) is 0. The molecule has 0 spiro atoms. The van der Waals surface area contributed by atoms with E-state index in [2.05, 4.69) is 4.98 Å². The third kappa shape index (κ3) is 4.15. The van der Waals surface area contributed by atoms with Crippen molar-refractivity contribution in [3.8, 4) is 21.8 Å². The van der Waals surface area contributed by atoms with Gasteiger partial charge in [-0.3, -0.25) is 0 Å². The third-order valence-electron chi connectivity index (χ3n) is 5.21. The van der Waals surface area contributed by atoms with E-state index in [0.717, 1.165) is 38.4 Å². The van der Waals surface area contributed by atoms with Crippen molar-refractivity contribution in [1.29, 1.82) is 0 Å². The Labute approximate surface area is 190 Å². The number of aryl methyl sites for hydroxylation is 1. The molecule has 4 nitrogen and oxygen atoms in total. The van der Waals surface area contributed by atoms with Gasteiger partial charge in [0.15, 0.2) is 0 Å². The molecule has 0 radical (unpaired) electrons. The fourth-order valence-corrected chi connectivity index (χ4v) is 4.33. The minimum absolute atomic E-state index is 0.124. The normalized spacial score (nSPS) is 10.9. The Morgan fingerprint density at radius 3 is 2.44 bits per heavy atom. The molecule has 0 atom stereocenters. The summed E-state index contributed by atoms with van der Waals surface area (Å²) >= 11 is 1.54. The van der Waals surface area contributed by atoms with Crippen LogP contribution in [0, 0.1) is 6.92 Å². The van der Waals surface area contributed by atoms with E-state index in [1.54, 1.807) is 11.3 Å². The predicted molar refractivity (Wildman–Crippen MR) is 129 cm³/mol. The zero-order valence-corrected chi connectivity index (χ0v) is 18.3. The molecular weight excluding hydrogens is 416 g/mol. The lowest BCUT2D eigenvalue weighted by Crippen LogP contribution is -2.07. The number of thiazole rings is 1. The maximum absolute atomic E-state index is 13.1.